The Balaban J connectivity index is 1.91. The number of hydrogen-bond acceptors (Lipinski definition) is 4. The van der Waals surface area contributed by atoms with E-state index >= 15 is 0 Å². The van der Waals surface area contributed by atoms with Gasteiger partial charge in [-0.15, -0.1) is 0 Å². The molecule has 0 radical (unpaired) electrons. The number of methoxy groups -OCH3 is 1. The second-order valence-electron chi connectivity index (χ2n) is 5.16. The summed E-state index contributed by atoms with van der Waals surface area (Å²) in [6, 6.07) is 13.9. The van der Waals surface area contributed by atoms with E-state index in [4.69, 9.17) is 15.2 Å². The summed E-state index contributed by atoms with van der Waals surface area (Å²) in [6.07, 6.45) is 0.999. The molecule has 1 aliphatic heterocycles. The summed E-state index contributed by atoms with van der Waals surface area (Å²) in [5.74, 6) is 1.77. The number of rotatable bonds is 3. The molecule has 0 atom stereocenters. The molecular weight excluding hydrogens is 264 g/mol. The smallest absolute Gasteiger partial charge is 0.142 e. The van der Waals surface area contributed by atoms with Gasteiger partial charge in [-0.05, 0) is 42.3 Å². The highest BCUT2D eigenvalue weighted by atomic mass is 16.5. The molecule has 0 amide bonds. The maximum atomic E-state index is 6.11. The predicted octanol–water partition coefficient (Wildman–Crippen LogP) is 3.07. The van der Waals surface area contributed by atoms with Gasteiger partial charge < -0.3 is 20.1 Å². The molecule has 2 aromatic carbocycles. The van der Waals surface area contributed by atoms with Crippen LogP contribution >= 0.6 is 0 Å². The van der Waals surface area contributed by atoms with E-state index in [9.17, 15) is 0 Å². The van der Waals surface area contributed by atoms with Gasteiger partial charge in [0, 0.05) is 18.8 Å². The molecule has 21 heavy (non-hydrogen) atoms. The minimum absolute atomic E-state index is 0.751. The number of nitrogens with zero attached hydrogens (tertiary/aromatic N) is 1. The van der Waals surface area contributed by atoms with Crippen molar-refractivity contribution >= 4 is 11.4 Å². The fraction of sp³-hybridized carbons (Fsp3) is 0.294. The lowest BCUT2D eigenvalue weighted by Gasteiger charge is -2.24. The van der Waals surface area contributed by atoms with Gasteiger partial charge in [-0.25, -0.2) is 0 Å². The topological polar surface area (TPSA) is 47.7 Å². The third-order valence-electron chi connectivity index (χ3n) is 3.75. The van der Waals surface area contributed by atoms with Gasteiger partial charge in [-0.1, -0.05) is 12.1 Å². The zero-order valence-corrected chi connectivity index (χ0v) is 12.2. The molecular formula is C17H20N2O2. The Kier molecular flexibility index (Phi) is 3.86. The lowest BCUT2D eigenvalue weighted by molar-refractivity contribution is 0.322. The van der Waals surface area contributed by atoms with Gasteiger partial charge >= 0.3 is 0 Å². The van der Waals surface area contributed by atoms with Crippen LogP contribution in [-0.2, 0) is 6.54 Å². The minimum Gasteiger partial charge on any atom is -0.497 e. The number of nitrogens with two attached hydrogens (primary N) is 1. The Bertz CT molecular complexity index is 628. The van der Waals surface area contributed by atoms with Crippen molar-refractivity contribution in [2.45, 2.75) is 13.0 Å². The van der Waals surface area contributed by atoms with Crippen molar-refractivity contribution in [2.75, 3.05) is 30.9 Å². The molecule has 0 spiro atoms. The van der Waals surface area contributed by atoms with E-state index in [1.807, 2.05) is 36.4 Å². The first-order valence-electron chi connectivity index (χ1n) is 7.17. The number of fused-ring (bicyclic) bond motifs is 1. The molecule has 0 bridgehead atoms. The first-order valence-corrected chi connectivity index (χ1v) is 7.17. The maximum absolute atomic E-state index is 6.11. The predicted molar refractivity (Wildman–Crippen MR) is 85.0 cm³/mol. The molecule has 0 aliphatic carbocycles. The van der Waals surface area contributed by atoms with Gasteiger partial charge in [-0.2, -0.15) is 0 Å². The number of ether oxygens (including phenoxy) is 2. The van der Waals surface area contributed by atoms with E-state index in [1.165, 1.54) is 0 Å². The van der Waals surface area contributed by atoms with Crippen molar-refractivity contribution in [3.8, 4) is 11.5 Å². The monoisotopic (exact) mass is 284 g/mol. The molecule has 2 N–H and O–H groups in total. The third-order valence-corrected chi connectivity index (χ3v) is 3.75. The van der Waals surface area contributed by atoms with Crippen LogP contribution in [0.1, 0.15) is 12.0 Å². The zero-order valence-electron chi connectivity index (χ0n) is 12.2. The number of nitrogen functional groups attached to an aromatic ring is 1. The zero-order chi connectivity index (χ0) is 14.7. The highest BCUT2D eigenvalue weighted by molar-refractivity contribution is 5.61. The van der Waals surface area contributed by atoms with Crippen LogP contribution in [0.4, 0.5) is 11.4 Å². The molecule has 4 nitrogen and oxygen atoms in total. The highest BCUT2D eigenvalue weighted by Crippen LogP contribution is 2.32. The highest BCUT2D eigenvalue weighted by Gasteiger charge is 2.17. The maximum Gasteiger partial charge on any atom is 0.142 e. The normalized spacial score (nSPS) is 14.0. The average molecular weight is 284 g/mol. The lowest BCUT2D eigenvalue weighted by atomic mass is 10.1. The number of para-hydroxylation sites is 2. The van der Waals surface area contributed by atoms with Crippen LogP contribution in [-0.4, -0.2) is 20.3 Å². The van der Waals surface area contributed by atoms with E-state index in [0.29, 0.717) is 0 Å². The first kappa shape index (κ1) is 13.6. The molecule has 1 heterocycles. The van der Waals surface area contributed by atoms with E-state index in [2.05, 4.69) is 11.0 Å². The van der Waals surface area contributed by atoms with E-state index in [-0.39, 0.29) is 0 Å². The van der Waals surface area contributed by atoms with Crippen LogP contribution in [0.15, 0.2) is 42.5 Å². The number of anilines is 2. The number of hydrogen-bond donors (Lipinski definition) is 1. The molecule has 4 heteroatoms. The van der Waals surface area contributed by atoms with Gasteiger partial charge in [0.1, 0.15) is 11.5 Å². The van der Waals surface area contributed by atoms with E-state index in [1.54, 1.807) is 7.11 Å². The van der Waals surface area contributed by atoms with Gasteiger partial charge in [0.15, 0.2) is 0 Å². The summed E-state index contributed by atoms with van der Waals surface area (Å²) in [5.41, 5.74) is 9.09. The summed E-state index contributed by atoms with van der Waals surface area (Å²) < 4.78 is 11.1. The average Bonchev–Trinajstić information content (AvgIpc) is 2.72. The molecule has 2 aromatic rings. The molecule has 0 saturated heterocycles. The second-order valence-corrected chi connectivity index (χ2v) is 5.16. The van der Waals surface area contributed by atoms with Crippen LogP contribution in [0.25, 0.3) is 0 Å². The lowest BCUT2D eigenvalue weighted by Crippen LogP contribution is -2.23. The van der Waals surface area contributed by atoms with E-state index in [0.717, 1.165) is 54.6 Å². The fourth-order valence-electron chi connectivity index (χ4n) is 2.61. The van der Waals surface area contributed by atoms with Crippen molar-refractivity contribution in [1.29, 1.82) is 0 Å². The van der Waals surface area contributed by atoms with Crippen molar-refractivity contribution in [2.24, 2.45) is 0 Å². The summed E-state index contributed by atoms with van der Waals surface area (Å²) in [7, 11) is 1.67. The van der Waals surface area contributed by atoms with Crippen LogP contribution < -0.4 is 20.1 Å². The Hall–Kier alpha value is -2.36. The van der Waals surface area contributed by atoms with E-state index < -0.39 is 0 Å². The molecule has 0 fully saturated rings. The van der Waals surface area contributed by atoms with Crippen molar-refractivity contribution in [3.05, 3.63) is 48.0 Å². The molecule has 1 aliphatic rings. The molecule has 0 saturated carbocycles. The number of benzene rings is 2. The standard InChI is InChI=1S/C17H20N2O2/c1-20-14-7-8-15(18)13(11-14)12-19-9-4-10-21-17-6-3-2-5-16(17)19/h2-3,5-8,11H,4,9-10,12,18H2,1H3. The summed E-state index contributed by atoms with van der Waals surface area (Å²) in [6.45, 7) is 2.46. The van der Waals surface area contributed by atoms with Crippen molar-refractivity contribution in [3.63, 3.8) is 0 Å². The SMILES string of the molecule is COc1ccc(N)c(CN2CCCOc3ccccc32)c1. The van der Waals surface area contributed by atoms with Crippen LogP contribution in [0.5, 0.6) is 11.5 Å². The Morgan fingerprint density at radius 3 is 2.95 bits per heavy atom. The largest absolute Gasteiger partial charge is 0.497 e. The van der Waals surface area contributed by atoms with Crippen molar-refractivity contribution < 1.29 is 9.47 Å². The quantitative estimate of drug-likeness (QED) is 0.880. The Labute approximate surface area is 125 Å². The van der Waals surface area contributed by atoms with Crippen LogP contribution in [0.2, 0.25) is 0 Å². The van der Waals surface area contributed by atoms with Gasteiger partial charge in [0.2, 0.25) is 0 Å². The van der Waals surface area contributed by atoms with Crippen molar-refractivity contribution in [1.82, 2.24) is 0 Å². The summed E-state index contributed by atoms with van der Waals surface area (Å²) in [5, 5.41) is 0. The molecule has 0 aromatic heterocycles. The fourth-order valence-corrected chi connectivity index (χ4v) is 2.61. The molecule has 110 valence electrons. The van der Waals surface area contributed by atoms with Crippen LogP contribution in [0, 0.1) is 0 Å². The summed E-state index contributed by atoms with van der Waals surface area (Å²) >= 11 is 0. The first-order chi connectivity index (χ1) is 10.3. The Morgan fingerprint density at radius 2 is 2.10 bits per heavy atom. The summed E-state index contributed by atoms with van der Waals surface area (Å²) in [4.78, 5) is 2.31. The van der Waals surface area contributed by atoms with Gasteiger partial charge in [-0.3, -0.25) is 0 Å². The van der Waals surface area contributed by atoms with Gasteiger partial charge in [0.25, 0.3) is 0 Å². The Morgan fingerprint density at radius 1 is 1.24 bits per heavy atom. The molecule has 3 rings (SSSR count). The molecule has 0 unspecified atom stereocenters. The minimum atomic E-state index is 0.751. The third kappa shape index (κ3) is 2.89. The van der Waals surface area contributed by atoms with Gasteiger partial charge in [0.05, 0.1) is 19.4 Å². The van der Waals surface area contributed by atoms with Crippen LogP contribution in [0.3, 0.4) is 0 Å². The second kappa shape index (κ2) is 5.95.